The standard InChI is InChI=1S/C22H27FN4OS/c1-21(2,29(26)28)14-22(11-10-15-6-7-15,16-8-9-18(23)19(25)12-16)20-5-3-4-17(13-24)27-20/h3-5,8-9,12,15H,6-7,10-11,14,25-26H2,1-2H3. The minimum Gasteiger partial charge on any atom is -0.598 e. The van der Waals surface area contributed by atoms with Crippen molar-refractivity contribution in [3.8, 4) is 6.07 Å². The van der Waals surface area contributed by atoms with Crippen molar-refractivity contribution in [1.29, 1.82) is 5.26 Å². The normalized spacial score (nSPS) is 17.4. The second-order valence-electron chi connectivity index (χ2n) is 8.55. The highest BCUT2D eigenvalue weighted by molar-refractivity contribution is 7.90. The molecule has 2 atom stereocenters. The Bertz CT molecular complexity index is 923. The summed E-state index contributed by atoms with van der Waals surface area (Å²) in [6, 6.07) is 12.1. The summed E-state index contributed by atoms with van der Waals surface area (Å²) in [5.41, 5.74) is 7.09. The van der Waals surface area contributed by atoms with Gasteiger partial charge in [-0.15, -0.1) is 0 Å². The summed E-state index contributed by atoms with van der Waals surface area (Å²) >= 11 is -1.58. The molecular formula is C22H27FN4OS. The van der Waals surface area contributed by atoms with E-state index in [1.54, 1.807) is 24.3 Å². The monoisotopic (exact) mass is 414 g/mol. The van der Waals surface area contributed by atoms with Crippen LogP contribution in [0.5, 0.6) is 0 Å². The number of nitriles is 1. The zero-order chi connectivity index (χ0) is 21.2. The average molecular weight is 415 g/mol. The number of nitrogens with two attached hydrogens (primary N) is 2. The van der Waals surface area contributed by atoms with Crippen molar-refractivity contribution < 1.29 is 8.94 Å². The summed E-state index contributed by atoms with van der Waals surface area (Å²) in [5.74, 6) is 0.169. The number of halogens is 1. The molecule has 0 saturated heterocycles. The Labute approximate surface area is 174 Å². The van der Waals surface area contributed by atoms with Gasteiger partial charge in [0.2, 0.25) is 0 Å². The molecule has 29 heavy (non-hydrogen) atoms. The van der Waals surface area contributed by atoms with E-state index in [1.807, 2.05) is 19.9 Å². The Morgan fingerprint density at radius 1 is 1.31 bits per heavy atom. The van der Waals surface area contributed by atoms with Crippen LogP contribution in [0.15, 0.2) is 36.4 Å². The molecule has 0 bridgehead atoms. The third-order valence-corrected chi connectivity index (χ3v) is 7.08. The summed E-state index contributed by atoms with van der Waals surface area (Å²) < 4.78 is 25.6. The van der Waals surface area contributed by atoms with Crippen LogP contribution < -0.4 is 10.9 Å². The van der Waals surface area contributed by atoms with Gasteiger partial charge < -0.3 is 10.3 Å². The van der Waals surface area contributed by atoms with Crippen LogP contribution in [0.4, 0.5) is 10.1 Å². The first-order chi connectivity index (χ1) is 13.7. The van der Waals surface area contributed by atoms with Crippen molar-refractivity contribution in [2.45, 2.75) is 56.1 Å². The number of nitrogens with zero attached hydrogens (tertiary/aromatic N) is 2. The highest BCUT2D eigenvalue weighted by atomic mass is 32.2. The number of anilines is 1. The minimum absolute atomic E-state index is 0.0569. The van der Waals surface area contributed by atoms with Gasteiger partial charge in [-0.2, -0.15) is 10.4 Å². The van der Waals surface area contributed by atoms with E-state index in [-0.39, 0.29) is 5.69 Å². The lowest BCUT2D eigenvalue weighted by atomic mass is 9.68. The fourth-order valence-electron chi connectivity index (χ4n) is 3.96. The molecule has 0 radical (unpaired) electrons. The van der Waals surface area contributed by atoms with Crippen molar-refractivity contribution in [1.82, 2.24) is 4.98 Å². The maximum atomic E-state index is 13.9. The van der Waals surface area contributed by atoms with Crippen molar-refractivity contribution in [2.75, 3.05) is 5.73 Å². The highest BCUT2D eigenvalue weighted by Crippen LogP contribution is 2.47. The van der Waals surface area contributed by atoms with E-state index in [9.17, 15) is 14.2 Å². The van der Waals surface area contributed by atoms with Crippen LogP contribution in [-0.4, -0.2) is 14.3 Å². The lowest BCUT2D eigenvalue weighted by Crippen LogP contribution is -2.45. The second-order valence-corrected chi connectivity index (χ2v) is 10.3. The van der Waals surface area contributed by atoms with Crippen LogP contribution in [-0.2, 0) is 16.8 Å². The largest absolute Gasteiger partial charge is 0.598 e. The SMILES string of the molecule is CC(C)(CC(CCC1CC1)(c1ccc(F)c(N)c1)c1cccc(C#N)n1)[S+](N)[O-]. The van der Waals surface area contributed by atoms with E-state index in [0.29, 0.717) is 23.7 Å². The van der Waals surface area contributed by atoms with E-state index in [2.05, 4.69) is 11.1 Å². The molecule has 0 aliphatic heterocycles. The quantitative estimate of drug-likeness (QED) is 0.502. The summed E-state index contributed by atoms with van der Waals surface area (Å²) in [6.45, 7) is 3.71. The van der Waals surface area contributed by atoms with Gasteiger partial charge >= 0.3 is 0 Å². The Morgan fingerprint density at radius 2 is 2.03 bits per heavy atom. The Morgan fingerprint density at radius 3 is 2.62 bits per heavy atom. The molecule has 2 aromatic rings. The van der Waals surface area contributed by atoms with Crippen molar-refractivity contribution in [2.24, 2.45) is 11.1 Å². The van der Waals surface area contributed by atoms with Crippen LogP contribution in [0, 0.1) is 23.1 Å². The molecule has 1 saturated carbocycles. The van der Waals surface area contributed by atoms with Gasteiger partial charge in [-0.3, -0.25) is 0 Å². The molecular weight excluding hydrogens is 387 g/mol. The van der Waals surface area contributed by atoms with E-state index in [0.717, 1.165) is 18.4 Å². The van der Waals surface area contributed by atoms with Crippen molar-refractivity contribution >= 4 is 17.0 Å². The molecule has 1 fully saturated rings. The van der Waals surface area contributed by atoms with Crippen LogP contribution in [0.25, 0.3) is 0 Å². The highest BCUT2D eigenvalue weighted by Gasteiger charge is 2.46. The van der Waals surface area contributed by atoms with Gasteiger partial charge in [0.25, 0.3) is 0 Å². The van der Waals surface area contributed by atoms with Crippen LogP contribution in [0.1, 0.15) is 62.9 Å². The fourth-order valence-corrected chi connectivity index (χ4v) is 4.35. The van der Waals surface area contributed by atoms with Crippen LogP contribution >= 0.6 is 0 Å². The molecule has 5 nitrogen and oxygen atoms in total. The van der Waals surface area contributed by atoms with E-state index < -0.39 is 27.3 Å². The number of nitrogen functional groups attached to an aromatic ring is 1. The minimum atomic E-state index is -1.58. The molecule has 1 aromatic heterocycles. The molecule has 4 N–H and O–H groups in total. The molecule has 2 unspecified atom stereocenters. The number of pyridine rings is 1. The number of aromatic nitrogens is 1. The average Bonchev–Trinajstić information content (AvgIpc) is 3.51. The summed E-state index contributed by atoms with van der Waals surface area (Å²) in [4.78, 5) is 4.60. The van der Waals surface area contributed by atoms with Gasteiger partial charge in [0.1, 0.15) is 22.3 Å². The molecule has 1 aliphatic rings. The van der Waals surface area contributed by atoms with Gasteiger partial charge in [0.05, 0.1) is 11.4 Å². The van der Waals surface area contributed by atoms with Gasteiger partial charge in [0, 0.05) is 23.2 Å². The first kappa shape index (κ1) is 21.6. The lowest BCUT2D eigenvalue weighted by molar-refractivity contribution is 0.356. The topological polar surface area (TPSA) is 112 Å². The number of hydrogen-bond donors (Lipinski definition) is 2. The number of rotatable bonds is 8. The van der Waals surface area contributed by atoms with Gasteiger partial charge in [0.15, 0.2) is 0 Å². The Hall–Kier alpha value is -2.14. The first-order valence-corrected chi connectivity index (χ1v) is 11.0. The third-order valence-electron chi connectivity index (χ3n) is 5.85. The van der Waals surface area contributed by atoms with E-state index in [4.69, 9.17) is 10.9 Å². The van der Waals surface area contributed by atoms with Crippen LogP contribution in [0.2, 0.25) is 0 Å². The lowest BCUT2D eigenvalue weighted by Gasteiger charge is -2.40. The third kappa shape index (κ3) is 4.72. The molecule has 0 amide bonds. The smallest absolute Gasteiger partial charge is 0.146 e. The van der Waals surface area contributed by atoms with E-state index in [1.165, 1.54) is 18.9 Å². The van der Waals surface area contributed by atoms with Crippen molar-refractivity contribution in [3.63, 3.8) is 0 Å². The summed E-state index contributed by atoms with van der Waals surface area (Å²) in [6.07, 6.45) is 4.51. The molecule has 0 spiro atoms. The zero-order valence-corrected chi connectivity index (χ0v) is 17.6. The van der Waals surface area contributed by atoms with Crippen LogP contribution in [0.3, 0.4) is 0 Å². The molecule has 154 valence electrons. The Kier molecular flexibility index (Phi) is 6.18. The fraction of sp³-hybridized carbons (Fsp3) is 0.455. The maximum absolute atomic E-state index is 13.9. The molecule has 1 aliphatic carbocycles. The summed E-state index contributed by atoms with van der Waals surface area (Å²) in [5, 5.41) is 15.2. The predicted octanol–water partition coefficient (Wildman–Crippen LogP) is 3.94. The zero-order valence-electron chi connectivity index (χ0n) is 16.8. The second kappa shape index (κ2) is 8.31. The number of hydrogen-bond acceptors (Lipinski definition) is 5. The van der Waals surface area contributed by atoms with Crippen molar-refractivity contribution in [3.05, 3.63) is 59.2 Å². The molecule has 1 aromatic carbocycles. The number of benzene rings is 1. The van der Waals surface area contributed by atoms with Gasteiger partial charge in [-0.25, -0.2) is 9.37 Å². The van der Waals surface area contributed by atoms with Gasteiger partial charge in [-0.1, -0.05) is 25.0 Å². The maximum Gasteiger partial charge on any atom is 0.146 e. The van der Waals surface area contributed by atoms with E-state index >= 15 is 0 Å². The molecule has 1 heterocycles. The summed E-state index contributed by atoms with van der Waals surface area (Å²) in [7, 11) is 0. The predicted molar refractivity (Wildman–Crippen MR) is 114 cm³/mol. The first-order valence-electron chi connectivity index (χ1n) is 9.77. The molecule has 7 heteroatoms. The van der Waals surface area contributed by atoms with Gasteiger partial charge in [-0.05, 0) is 62.4 Å². The molecule has 3 rings (SSSR count). The Balaban J connectivity index is 2.21.